The van der Waals surface area contributed by atoms with Crippen LogP contribution in [-0.2, 0) is 6.42 Å². The molecule has 3 N–H and O–H groups in total. The number of hydrogen-bond donors (Lipinski definition) is 3. The molecular formula is C19H24ClN5O3. The van der Waals surface area contributed by atoms with Gasteiger partial charge in [0.15, 0.2) is 5.82 Å². The first-order chi connectivity index (χ1) is 13.4. The topological polar surface area (TPSA) is 109 Å². The molecule has 0 atom stereocenters. The highest BCUT2D eigenvalue weighted by molar-refractivity contribution is 6.34. The van der Waals surface area contributed by atoms with E-state index in [-0.39, 0.29) is 23.9 Å². The zero-order valence-electron chi connectivity index (χ0n) is 15.9. The number of nitrogens with one attached hydrogen (secondary N) is 3. The minimum absolute atomic E-state index is 0.219. The summed E-state index contributed by atoms with van der Waals surface area (Å²) < 4.78 is 5.17. The second kappa shape index (κ2) is 9.05. The van der Waals surface area contributed by atoms with Gasteiger partial charge in [-0.15, -0.1) is 0 Å². The standard InChI is InChI=1S/C19H24ClN5O3/c1-11(2)17-24-16(28-25-17)4-3-9-21-19(27)23-13-7-8-15(20)14(10-13)18(26)22-12-5-6-12/h7-8,10-12H,3-6,9H2,1-2H3,(H,22,26)(H2,21,23,27). The number of anilines is 1. The Bertz CT molecular complexity index is 848. The second-order valence-electron chi connectivity index (χ2n) is 7.13. The zero-order valence-corrected chi connectivity index (χ0v) is 16.7. The van der Waals surface area contributed by atoms with Crippen molar-refractivity contribution in [3.05, 3.63) is 40.5 Å². The van der Waals surface area contributed by atoms with Gasteiger partial charge < -0.3 is 20.5 Å². The van der Waals surface area contributed by atoms with Crippen LogP contribution >= 0.6 is 11.6 Å². The van der Waals surface area contributed by atoms with Gasteiger partial charge in [-0.25, -0.2) is 4.79 Å². The van der Waals surface area contributed by atoms with Crippen LogP contribution in [0.4, 0.5) is 10.5 Å². The van der Waals surface area contributed by atoms with E-state index in [1.54, 1.807) is 18.2 Å². The van der Waals surface area contributed by atoms with Gasteiger partial charge >= 0.3 is 6.03 Å². The third-order valence-corrected chi connectivity index (χ3v) is 4.56. The van der Waals surface area contributed by atoms with E-state index in [9.17, 15) is 9.59 Å². The maximum atomic E-state index is 12.2. The van der Waals surface area contributed by atoms with Crippen molar-refractivity contribution >= 4 is 29.2 Å². The number of aromatic nitrogens is 2. The summed E-state index contributed by atoms with van der Waals surface area (Å²) >= 11 is 6.10. The Balaban J connectivity index is 1.44. The fraction of sp³-hybridized carbons (Fsp3) is 0.474. The molecule has 150 valence electrons. The van der Waals surface area contributed by atoms with Crippen LogP contribution in [-0.4, -0.2) is 34.7 Å². The van der Waals surface area contributed by atoms with Gasteiger partial charge in [0.25, 0.3) is 5.91 Å². The summed E-state index contributed by atoms with van der Waals surface area (Å²) in [6, 6.07) is 4.71. The van der Waals surface area contributed by atoms with Crippen LogP contribution in [0.2, 0.25) is 5.02 Å². The lowest BCUT2D eigenvalue weighted by molar-refractivity contribution is 0.0951. The molecule has 3 rings (SSSR count). The number of carbonyl (C=O) groups is 2. The van der Waals surface area contributed by atoms with E-state index in [0.717, 1.165) is 12.8 Å². The Labute approximate surface area is 168 Å². The minimum atomic E-state index is -0.357. The number of aryl methyl sites for hydroxylation is 1. The third kappa shape index (κ3) is 5.69. The number of amides is 3. The van der Waals surface area contributed by atoms with Gasteiger partial charge in [0.05, 0.1) is 10.6 Å². The lowest BCUT2D eigenvalue weighted by Crippen LogP contribution is -2.30. The molecule has 1 aromatic carbocycles. The van der Waals surface area contributed by atoms with Crippen molar-refractivity contribution in [2.24, 2.45) is 0 Å². The van der Waals surface area contributed by atoms with Crippen LogP contribution in [0.25, 0.3) is 0 Å². The molecule has 1 heterocycles. The lowest BCUT2D eigenvalue weighted by Gasteiger charge is -2.10. The monoisotopic (exact) mass is 405 g/mol. The van der Waals surface area contributed by atoms with Gasteiger partial charge in [0.1, 0.15) is 0 Å². The molecule has 8 nitrogen and oxygen atoms in total. The molecule has 3 amide bonds. The molecule has 0 radical (unpaired) electrons. The van der Waals surface area contributed by atoms with Crippen molar-refractivity contribution in [1.29, 1.82) is 0 Å². The predicted octanol–water partition coefficient (Wildman–Crippen LogP) is 3.49. The van der Waals surface area contributed by atoms with Crippen LogP contribution in [0.1, 0.15) is 61.1 Å². The average molecular weight is 406 g/mol. The average Bonchev–Trinajstić information content (AvgIpc) is 3.33. The van der Waals surface area contributed by atoms with E-state index in [1.807, 2.05) is 13.8 Å². The SMILES string of the molecule is CC(C)c1noc(CCCNC(=O)Nc2ccc(Cl)c(C(=O)NC3CC3)c2)n1. The fourth-order valence-corrected chi connectivity index (χ4v) is 2.69. The Morgan fingerprint density at radius 3 is 2.79 bits per heavy atom. The van der Waals surface area contributed by atoms with Gasteiger partial charge in [-0.3, -0.25) is 4.79 Å². The van der Waals surface area contributed by atoms with Crippen molar-refractivity contribution in [2.75, 3.05) is 11.9 Å². The van der Waals surface area contributed by atoms with E-state index in [1.165, 1.54) is 0 Å². The summed E-state index contributed by atoms with van der Waals surface area (Å²) in [4.78, 5) is 28.6. The second-order valence-corrected chi connectivity index (χ2v) is 7.54. The third-order valence-electron chi connectivity index (χ3n) is 4.23. The van der Waals surface area contributed by atoms with E-state index < -0.39 is 0 Å². The first kappa shape index (κ1) is 20.1. The molecule has 0 spiro atoms. The molecule has 1 aliphatic rings. The Kier molecular flexibility index (Phi) is 6.51. The Morgan fingerprint density at radius 2 is 2.11 bits per heavy atom. The van der Waals surface area contributed by atoms with Crippen LogP contribution < -0.4 is 16.0 Å². The molecule has 1 fully saturated rings. The summed E-state index contributed by atoms with van der Waals surface area (Å²) in [5.74, 6) is 1.24. The quantitative estimate of drug-likeness (QED) is 0.582. The maximum Gasteiger partial charge on any atom is 0.319 e. The number of halogens is 1. The number of hydrogen-bond acceptors (Lipinski definition) is 5. The van der Waals surface area contributed by atoms with E-state index >= 15 is 0 Å². The molecule has 2 aromatic rings. The maximum absolute atomic E-state index is 12.2. The molecule has 1 aliphatic carbocycles. The highest BCUT2D eigenvalue weighted by Gasteiger charge is 2.24. The summed E-state index contributed by atoms with van der Waals surface area (Å²) in [5.41, 5.74) is 0.852. The van der Waals surface area contributed by atoms with Crippen LogP contribution in [0.3, 0.4) is 0 Å². The van der Waals surface area contributed by atoms with Crippen molar-refractivity contribution in [3.63, 3.8) is 0 Å². The first-order valence-electron chi connectivity index (χ1n) is 9.40. The van der Waals surface area contributed by atoms with Crippen molar-refractivity contribution in [3.8, 4) is 0 Å². The highest BCUT2D eigenvalue weighted by atomic mass is 35.5. The molecular weight excluding hydrogens is 382 g/mol. The van der Waals surface area contributed by atoms with Crippen molar-refractivity contribution < 1.29 is 14.1 Å². The van der Waals surface area contributed by atoms with Crippen molar-refractivity contribution in [1.82, 2.24) is 20.8 Å². The Morgan fingerprint density at radius 1 is 1.32 bits per heavy atom. The molecule has 0 aliphatic heterocycles. The Hall–Kier alpha value is -2.61. The van der Waals surface area contributed by atoms with Gasteiger partial charge in [-0.1, -0.05) is 30.6 Å². The number of rotatable bonds is 8. The van der Waals surface area contributed by atoms with Crippen LogP contribution in [0.5, 0.6) is 0 Å². The largest absolute Gasteiger partial charge is 0.349 e. The summed E-state index contributed by atoms with van der Waals surface area (Å²) in [5, 5.41) is 12.6. The van der Waals surface area contributed by atoms with E-state index in [0.29, 0.717) is 47.4 Å². The summed E-state index contributed by atoms with van der Waals surface area (Å²) in [6.45, 7) is 4.45. The van der Waals surface area contributed by atoms with Gasteiger partial charge in [-0.05, 0) is 37.5 Å². The number of benzene rings is 1. The predicted molar refractivity (Wildman–Crippen MR) is 106 cm³/mol. The number of urea groups is 1. The van der Waals surface area contributed by atoms with E-state index in [4.69, 9.17) is 16.1 Å². The van der Waals surface area contributed by atoms with Gasteiger partial charge in [0, 0.05) is 30.6 Å². The normalized spacial score (nSPS) is 13.4. The van der Waals surface area contributed by atoms with Crippen LogP contribution in [0.15, 0.2) is 22.7 Å². The molecule has 1 saturated carbocycles. The molecule has 0 unspecified atom stereocenters. The minimum Gasteiger partial charge on any atom is -0.349 e. The summed E-state index contributed by atoms with van der Waals surface area (Å²) in [6.07, 6.45) is 3.24. The number of carbonyl (C=O) groups excluding carboxylic acids is 2. The fourth-order valence-electron chi connectivity index (χ4n) is 2.49. The molecule has 1 aromatic heterocycles. The molecule has 0 bridgehead atoms. The van der Waals surface area contributed by atoms with Gasteiger partial charge in [-0.2, -0.15) is 4.98 Å². The van der Waals surface area contributed by atoms with Gasteiger partial charge in [0.2, 0.25) is 5.89 Å². The highest BCUT2D eigenvalue weighted by Crippen LogP contribution is 2.24. The lowest BCUT2D eigenvalue weighted by atomic mass is 10.2. The molecule has 9 heteroatoms. The number of nitrogens with zero attached hydrogens (tertiary/aromatic N) is 2. The summed E-state index contributed by atoms with van der Waals surface area (Å²) in [7, 11) is 0. The van der Waals surface area contributed by atoms with E-state index in [2.05, 4.69) is 26.1 Å². The molecule has 28 heavy (non-hydrogen) atoms. The molecule has 0 saturated heterocycles. The smallest absolute Gasteiger partial charge is 0.319 e. The first-order valence-corrected chi connectivity index (χ1v) is 9.78. The van der Waals surface area contributed by atoms with Crippen molar-refractivity contribution in [2.45, 2.75) is 51.5 Å². The van der Waals surface area contributed by atoms with Crippen LogP contribution in [0, 0.1) is 0 Å². The zero-order chi connectivity index (χ0) is 20.1.